The van der Waals surface area contributed by atoms with Crippen LogP contribution >= 0.6 is 0 Å². The lowest BCUT2D eigenvalue weighted by molar-refractivity contribution is 0.0273. The minimum atomic E-state index is -3.73. The summed E-state index contributed by atoms with van der Waals surface area (Å²) < 4.78 is 39.5. The molecule has 1 fully saturated rings. The quantitative estimate of drug-likeness (QED) is 0.763. The average Bonchev–Trinajstić information content (AvgIpc) is 3.21. The molecule has 4 rings (SSSR count). The molecule has 0 atom stereocenters. The van der Waals surface area contributed by atoms with Crippen molar-refractivity contribution in [2.75, 3.05) is 46.5 Å². The molecule has 31 heavy (non-hydrogen) atoms. The maximum atomic E-state index is 13.4. The van der Waals surface area contributed by atoms with Gasteiger partial charge in [-0.1, -0.05) is 12.1 Å². The number of benzene rings is 1. The largest absolute Gasteiger partial charge is 0.492 e. The molecule has 0 saturated carbocycles. The molecule has 3 heterocycles. The molecule has 1 amide bonds. The zero-order valence-corrected chi connectivity index (χ0v) is 18.7. The summed E-state index contributed by atoms with van der Waals surface area (Å²) >= 11 is 0. The number of piperidine rings is 1. The third-order valence-electron chi connectivity index (χ3n) is 6.09. The highest BCUT2D eigenvalue weighted by Gasteiger charge is 2.43. The van der Waals surface area contributed by atoms with E-state index in [0.717, 1.165) is 5.69 Å². The summed E-state index contributed by atoms with van der Waals surface area (Å²) in [6, 6.07) is 8.48. The number of amides is 1. The number of sulfonamides is 1. The van der Waals surface area contributed by atoms with Crippen LogP contribution in [0.5, 0.6) is 5.75 Å². The first-order chi connectivity index (χ1) is 14.8. The fraction of sp³-hybridized carbons (Fsp3) is 0.524. The summed E-state index contributed by atoms with van der Waals surface area (Å²) in [5.74, 6) is 0.259. The summed E-state index contributed by atoms with van der Waals surface area (Å²) in [4.78, 5) is 14.7. The fourth-order valence-electron chi connectivity index (χ4n) is 4.23. The Kier molecular flexibility index (Phi) is 6.05. The predicted octanol–water partition coefficient (Wildman–Crippen LogP) is 1.67. The number of hydrogen-bond acceptors (Lipinski definition) is 6. The number of fused-ring (bicyclic) bond motifs is 1. The first kappa shape index (κ1) is 21.8. The monoisotopic (exact) mass is 448 g/mol. The smallest absolute Gasteiger partial charge is 0.274 e. The van der Waals surface area contributed by atoms with Crippen molar-refractivity contribution in [1.29, 1.82) is 0 Å². The van der Waals surface area contributed by atoms with E-state index in [-0.39, 0.29) is 22.8 Å². The van der Waals surface area contributed by atoms with Crippen molar-refractivity contribution in [1.82, 2.24) is 19.4 Å². The van der Waals surface area contributed by atoms with Gasteiger partial charge >= 0.3 is 0 Å². The number of ether oxygens (including phenoxy) is 2. The van der Waals surface area contributed by atoms with Crippen LogP contribution in [0.25, 0.3) is 0 Å². The molecular weight excluding hydrogens is 420 g/mol. The van der Waals surface area contributed by atoms with E-state index in [4.69, 9.17) is 9.47 Å². The topological polar surface area (TPSA) is 105 Å². The van der Waals surface area contributed by atoms with Gasteiger partial charge in [0.1, 0.15) is 16.3 Å². The number of carbonyl (C=O) groups is 1. The highest BCUT2D eigenvalue weighted by molar-refractivity contribution is 7.89. The molecule has 0 unspecified atom stereocenters. The highest BCUT2D eigenvalue weighted by Crippen LogP contribution is 2.39. The van der Waals surface area contributed by atoms with Crippen LogP contribution in [-0.4, -0.2) is 80.2 Å². The normalized spacial score (nSPS) is 20.5. The molecule has 0 bridgehead atoms. The number of likely N-dealkylation sites (tertiary alicyclic amines) is 1. The van der Waals surface area contributed by atoms with Crippen molar-refractivity contribution in [2.24, 2.45) is 5.41 Å². The van der Waals surface area contributed by atoms with Crippen molar-refractivity contribution in [3.8, 4) is 5.75 Å². The first-order valence-corrected chi connectivity index (χ1v) is 11.8. The number of aromatic nitrogens is 2. The van der Waals surface area contributed by atoms with Crippen LogP contribution in [0.3, 0.4) is 0 Å². The van der Waals surface area contributed by atoms with E-state index >= 15 is 0 Å². The van der Waals surface area contributed by atoms with Crippen LogP contribution in [0.15, 0.2) is 35.2 Å². The number of carbonyl (C=O) groups excluding carboxylic acids is 1. The molecule has 2 aliphatic heterocycles. The number of para-hydroxylation sites is 1. The first-order valence-electron chi connectivity index (χ1n) is 10.4. The van der Waals surface area contributed by atoms with Gasteiger partial charge in [0.05, 0.1) is 13.2 Å². The zero-order chi connectivity index (χ0) is 22.1. The Hall–Kier alpha value is -2.43. The molecule has 1 N–H and O–H groups in total. The van der Waals surface area contributed by atoms with E-state index < -0.39 is 10.0 Å². The second-order valence-electron chi connectivity index (χ2n) is 8.30. The van der Waals surface area contributed by atoms with Gasteiger partial charge in [0.2, 0.25) is 10.0 Å². The Labute approximate surface area is 182 Å². The van der Waals surface area contributed by atoms with E-state index in [1.54, 1.807) is 42.3 Å². The average molecular weight is 449 g/mol. The SMILES string of the molecule is COCCN1CC2(CCN(C(=O)c3cc(C)[nH]n3)CC2)COc2ccccc2S1(=O)=O. The molecule has 9 nitrogen and oxygen atoms in total. The van der Waals surface area contributed by atoms with Gasteiger partial charge in [-0.2, -0.15) is 9.40 Å². The maximum Gasteiger partial charge on any atom is 0.274 e. The molecule has 2 aromatic rings. The molecular formula is C21H28N4O5S. The van der Waals surface area contributed by atoms with E-state index in [1.165, 1.54) is 4.31 Å². The lowest BCUT2D eigenvalue weighted by Crippen LogP contribution is -2.53. The lowest BCUT2D eigenvalue weighted by atomic mass is 9.78. The van der Waals surface area contributed by atoms with Crippen LogP contribution in [0.1, 0.15) is 29.0 Å². The third kappa shape index (κ3) is 4.32. The second-order valence-corrected chi connectivity index (χ2v) is 10.2. The second kappa shape index (κ2) is 8.60. The van der Waals surface area contributed by atoms with Crippen molar-refractivity contribution < 1.29 is 22.7 Å². The molecule has 1 saturated heterocycles. The number of nitrogens with one attached hydrogen (secondary N) is 1. The molecule has 0 radical (unpaired) electrons. The standard InChI is InChI=1S/C21H28N4O5S/c1-16-13-17(23-22-16)20(26)24-9-7-21(8-10-24)14-25(11-12-29-2)31(27,28)19-6-4-3-5-18(19)30-15-21/h3-6,13H,7-12,14-15H2,1-2H3,(H,22,23). The Balaban J connectivity index is 1.57. The van der Waals surface area contributed by atoms with Crippen LogP contribution in [-0.2, 0) is 14.8 Å². The van der Waals surface area contributed by atoms with E-state index in [9.17, 15) is 13.2 Å². The fourth-order valence-corrected chi connectivity index (χ4v) is 5.89. The number of nitrogens with zero attached hydrogens (tertiary/aromatic N) is 3. The zero-order valence-electron chi connectivity index (χ0n) is 17.8. The van der Waals surface area contributed by atoms with Gasteiger partial charge in [0, 0.05) is 44.4 Å². The van der Waals surface area contributed by atoms with Gasteiger partial charge < -0.3 is 14.4 Å². The van der Waals surface area contributed by atoms with Crippen molar-refractivity contribution in [3.63, 3.8) is 0 Å². The number of aromatic amines is 1. The summed E-state index contributed by atoms with van der Waals surface area (Å²) in [5, 5.41) is 6.87. The minimum Gasteiger partial charge on any atom is -0.492 e. The maximum absolute atomic E-state index is 13.4. The van der Waals surface area contributed by atoms with E-state index in [2.05, 4.69) is 10.2 Å². The molecule has 10 heteroatoms. The van der Waals surface area contributed by atoms with Crippen LogP contribution in [0.2, 0.25) is 0 Å². The number of rotatable bonds is 4. The van der Waals surface area contributed by atoms with Crippen molar-refractivity contribution in [2.45, 2.75) is 24.7 Å². The molecule has 0 aliphatic carbocycles. The van der Waals surface area contributed by atoms with Crippen LogP contribution in [0, 0.1) is 12.3 Å². The predicted molar refractivity (Wildman–Crippen MR) is 113 cm³/mol. The molecule has 168 valence electrons. The highest BCUT2D eigenvalue weighted by atomic mass is 32.2. The van der Waals surface area contributed by atoms with E-state index in [0.29, 0.717) is 57.1 Å². The summed E-state index contributed by atoms with van der Waals surface area (Å²) in [6.07, 6.45) is 1.28. The summed E-state index contributed by atoms with van der Waals surface area (Å²) in [6.45, 7) is 4.20. The Morgan fingerprint density at radius 1 is 1.29 bits per heavy atom. The summed E-state index contributed by atoms with van der Waals surface area (Å²) in [5.41, 5.74) is 0.857. The van der Waals surface area contributed by atoms with Gasteiger partial charge in [-0.3, -0.25) is 9.89 Å². The van der Waals surface area contributed by atoms with Crippen molar-refractivity contribution in [3.05, 3.63) is 41.7 Å². The molecule has 1 aromatic heterocycles. The van der Waals surface area contributed by atoms with E-state index in [1.807, 2.05) is 6.92 Å². The summed E-state index contributed by atoms with van der Waals surface area (Å²) in [7, 11) is -2.17. The number of aryl methyl sites for hydroxylation is 1. The molecule has 1 spiro atoms. The Morgan fingerprint density at radius 2 is 2.03 bits per heavy atom. The van der Waals surface area contributed by atoms with Crippen LogP contribution < -0.4 is 4.74 Å². The lowest BCUT2D eigenvalue weighted by Gasteiger charge is -2.44. The Morgan fingerprint density at radius 3 is 2.71 bits per heavy atom. The van der Waals surface area contributed by atoms with Gasteiger partial charge in [-0.25, -0.2) is 8.42 Å². The number of hydrogen-bond donors (Lipinski definition) is 1. The minimum absolute atomic E-state index is 0.111. The molecule has 2 aliphatic rings. The van der Waals surface area contributed by atoms with Gasteiger partial charge in [-0.15, -0.1) is 0 Å². The molecule has 1 aromatic carbocycles. The van der Waals surface area contributed by atoms with Gasteiger partial charge in [0.15, 0.2) is 0 Å². The van der Waals surface area contributed by atoms with Gasteiger partial charge in [0.25, 0.3) is 5.91 Å². The van der Waals surface area contributed by atoms with Gasteiger partial charge in [-0.05, 0) is 38.0 Å². The third-order valence-corrected chi connectivity index (χ3v) is 7.98. The van der Waals surface area contributed by atoms with Crippen molar-refractivity contribution >= 4 is 15.9 Å². The number of H-pyrrole nitrogens is 1. The Bertz CT molecular complexity index is 1040. The number of methoxy groups -OCH3 is 1. The van der Waals surface area contributed by atoms with Crippen LogP contribution in [0.4, 0.5) is 0 Å².